The van der Waals surface area contributed by atoms with Gasteiger partial charge < -0.3 is 0 Å². The third-order valence-electron chi connectivity index (χ3n) is 0.540. The summed E-state index contributed by atoms with van der Waals surface area (Å²) in [5.41, 5.74) is 0. The largest absolute Gasteiger partial charge is 0.275 e. The van der Waals surface area contributed by atoms with Crippen molar-refractivity contribution in [3.63, 3.8) is 0 Å². The summed E-state index contributed by atoms with van der Waals surface area (Å²) in [6.07, 6.45) is 0. The van der Waals surface area contributed by atoms with Gasteiger partial charge in [0.1, 0.15) is 0 Å². The summed E-state index contributed by atoms with van der Waals surface area (Å²) < 4.78 is -0.0845. The summed E-state index contributed by atoms with van der Waals surface area (Å²) in [7, 11) is 0. The predicted octanol–water partition coefficient (Wildman–Crippen LogP) is 2.43. The quantitative estimate of drug-likeness (QED) is 0.609. The number of carbonyl (C=O) groups excluding carboxylic acids is 1. The average molecular weight is 150 g/mol. The van der Waals surface area contributed by atoms with Crippen LogP contribution in [0.15, 0.2) is 0 Å². The molecule has 0 atom stereocenters. The van der Waals surface area contributed by atoms with E-state index in [1.165, 1.54) is 11.8 Å². The minimum absolute atomic E-state index is 0.0845. The van der Waals surface area contributed by atoms with Crippen LogP contribution in [0.4, 0.5) is 4.79 Å². The Morgan fingerprint density at radius 3 is 2.38 bits per heavy atom. The van der Waals surface area contributed by atoms with E-state index in [1.807, 2.05) is 0 Å². The summed E-state index contributed by atoms with van der Waals surface area (Å²) in [5.74, 6) is 1.46. The molecule has 0 aromatic heterocycles. The van der Waals surface area contributed by atoms with Gasteiger partial charge in [0.15, 0.2) is 0 Å². The average Bonchev–Trinajstić information content (AvgIpc) is 1.61. The van der Waals surface area contributed by atoms with Gasteiger partial charge in [-0.25, -0.2) is 0 Å². The zero-order valence-electron chi connectivity index (χ0n) is 5.05. The first-order valence-electron chi connectivity index (χ1n) is 2.48. The molecular formula is C5H10OS2. The van der Waals surface area contributed by atoms with Crippen molar-refractivity contribution in [3.05, 3.63) is 0 Å². The molecule has 0 saturated heterocycles. The van der Waals surface area contributed by atoms with Crippen molar-refractivity contribution in [1.29, 1.82) is 0 Å². The molecular weight excluding hydrogens is 140 g/mol. The van der Waals surface area contributed by atoms with Gasteiger partial charge in [-0.05, 0) is 5.92 Å². The van der Waals surface area contributed by atoms with Crippen molar-refractivity contribution in [2.45, 2.75) is 13.8 Å². The second-order valence-corrected chi connectivity index (χ2v) is 3.67. The number of hydrogen-bond acceptors (Lipinski definition) is 2. The van der Waals surface area contributed by atoms with E-state index in [0.29, 0.717) is 5.92 Å². The van der Waals surface area contributed by atoms with Crippen molar-refractivity contribution in [2.75, 3.05) is 5.75 Å². The molecule has 0 bridgehead atoms. The second kappa shape index (κ2) is 4.27. The number of carbonyl (C=O) groups is 1. The monoisotopic (exact) mass is 150 g/mol. The summed E-state index contributed by atoms with van der Waals surface area (Å²) in [5, 5.41) is 0. The predicted molar refractivity (Wildman–Crippen MR) is 41.7 cm³/mol. The molecule has 0 heterocycles. The fraction of sp³-hybridized carbons (Fsp3) is 0.800. The van der Waals surface area contributed by atoms with Gasteiger partial charge in [0.2, 0.25) is 4.45 Å². The third-order valence-corrected chi connectivity index (χ3v) is 2.01. The maximum Gasteiger partial charge on any atom is 0.243 e. The van der Waals surface area contributed by atoms with Crippen molar-refractivity contribution in [2.24, 2.45) is 5.92 Å². The SMILES string of the molecule is CC(C)CSC(=O)S. The lowest BCUT2D eigenvalue weighted by molar-refractivity contribution is 0.277. The molecule has 0 aromatic carbocycles. The summed E-state index contributed by atoms with van der Waals surface area (Å²) in [6, 6.07) is 0. The molecule has 0 unspecified atom stereocenters. The van der Waals surface area contributed by atoms with Gasteiger partial charge in [-0.2, -0.15) is 0 Å². The molecule has 0 N–H and O–H groups in total. The number of hydrogen-bond donors (Lipinski definition) is 1. The van der Waals surface area contributed by atoms with Gasteiger partial charge in [-0.15, -0.1) is 0 Å². The van der Waals surface area contributed by atoms with E-state index >= 15 is 0 Å². The smallest absolute Gasteiger partial charge is 0.243 e. The molecule has 0 aliphatic carbocycles. The Morgan fingerprint density at radius 2 is 2.25 bits per heavy atom. The zero-order valence-corrected chi connectivity index (χ0v) is 6.76. The Morgan fingerprint density at radius 1 is 1.75 bits per heavy atom. The molecule has 3 heteroatoms. The Kier molecular flexibility index (Phi) is 4.47. The van der Waals surface area contributed by atoms with Crippen LogP contribution in [0.25, 0.3) is 0 Å². The Labute approximate surface area is 59.6 Å². The lowest BCUT2D eigenvalue weighted by Gasteiger charge is -1.97. The number of thiol groups is 1. The Bertz CT molecular complexity index is 80.5. The normalized spacial score (nSPS) is 10.0. The zero-order chi connectivity index (χ0) is 6.57. The highest BCUT2D eigenvalue weighted by Gasteiger charge is 1.96. The molecule has 8 heavy (non-hydrogen) atoms. The Balaban J connectivity index is 3.05. The van der Waals surface area contributed by atoms with Crippen LogP contribution in [0.1, 0.15) is 13.8 Å². The maximum atomic E-state index is 10.2. The molecule has 0 spiro atoms. The van der Waals surface area contributed by atoms with Gasteiger partial charge >= 0.3 is 0 Å². The van der Waals surface area contributed by atoms with Crippen LogP contribution < -0.4 is 0 Å². The van der Waals surface area contributed by atoms with E-state index in [2.05, 4.69) is 26.5 Å². The fourth-order valence-electron chi connectivity index (χ4n) is 0.238. The molecule has 0 fully saturated rings. The Hall–Kier alpha value is 0.370. The molecule has 0 saturated carbocycles. The van der Waals surface area contributed by atoms with E-state index in [9.17, 15) is 4.79 Å². The van der Waals surface area contributed by atoms with Crippen LogP contribution in [-0.2, 0) is 0 Å². The molecule has 0 aliphatic heterocycles. The molecule has 0 amide bonds. The minimum Gasteiger partial charge on any atom is -0.275 e. The van der Waals surface area contributed by atoms with Crippen LogP contribution in [0, 0.1) is 5.92 Å². The topological polar surface area (TPSA) is 17.1 Å². The van der Waals surface area contributed by atoms with Crippen molar-refractivity contribution in [1.82, 2.24) is 0 Å². The highest BCUT2D eigenvalue weighted by atomic mass is 32.2. The van der Waals surface area contributed by atoms with Crippen molar-refractivity contribution >= 4 is 28.8 Å². The first-order valence-corrected chi connectivity index (χ1v) is 3.92. The van der Waals surface area contributed by atoms with E-state index < -0.39 is 0 Å². The second-order valence-electron chi connectivity index (χ2n) is 1.97. The van der Waals surface area contributed by atoms with Gasteiger partial charge in [-0.3, -0.25) is 4.79 Å². The van der Waals surface area contributed by atoms with Gasteiger partial charge in [0.05, 0.1) is 0 Å². The first kappa shape index (κ1) is 8.37. The highest BCUT2D eigenvalue weighted by molar-refractivity contribution is 8.32. The van der Waals surface area contributed by atoms with Crippen LogP contribution in [0.5, 0.6) is 0 Å². The lowest BCUT2D eigenvalue weighted by Crippen LogP contribution is -1.91. The molecule has 48 valence electrons. The lowest BCUT2D eigenvalue weighted by atomic mass is 10.3. The summed E-state index contributed by atoms with van der Waals surface area (Å²) >= 11 is 4.86. The van der Waals surface area contributed by atoms with E-state index in [4.69, 9.17) is 0 Å². The van der Waals surface area contributed by atoms with Gasteiger partial charge in [-0.1, -0.05) is 38.2 Å². The number of rotatable bonds is 2. The molecule has 0 rings (SSSR count). The van der Waals surface area contributed by atoms with E-state index in [1.54, 1.807) is 0 Å². The van der Waals surface area contributed by atoms with Crippen molar-refractivity contribution < 1.29 is 4.79 Å². The van der Waals surface area contributed by atoms with Crippen molar-refractivity contribution in [3.8, 4) is 0 Å². The van der Waals surface area contributed by atoms with Crippen LogP contribution in [0.3, 0.4) is 0 Å². The minimum atomic E-state index is -0.0845. The number of thioether (sulfide) groups is 1. The van der Waals surface area contributed by atoms with Crippen LogP contribution >= 0.6 is 24.4 Å². The van der Waals surface area contributed by atoms with Gasteiger partial charge in [0, 0.05) is 5.75 Å². The fourth-order valence-corrected chi connectivity index (χ4v) is 0.937. The van der Waals surface area contributed by atoms with E-state index in [-0.39, 0.29) is 4.45 Å². The third kappa shape index (κ3) is 6.37. The molecule has 0 radical (unpaired) electrons. The first-order chi connectivity index (χ1) is 3.63. The molecule has 0 aromatic rings. The van der Waals surface area contributed by atoms with E-state index in [0.717, 1.165) is 5.75 Å². The molecule has 1 nitrogen and oxygen atoms in total. The highest BCUT2D eigenvalue weighted by Crippen LogP contribution is 2.10. The summed E-state index contributed by atoms with van der Waals surface area (Å²) in [6.45, 7) is 4.15. The van der Waals surface area contributed by atoms with Crippen LogP contribution in [0.2, 0.25) is 0 Å². The van der Waals surface area contributed by atoms with Gasteiger partial charge in [0.25, 0.3) is 0 Å². The maximum absolute atomic E-state index is 10.2. The van der Waals surface area contributed by atoms with Crippen LogP contribution in [-0.4, -0.2) is 10.2 Å². The standard InChI is InChI=1S/C5H10OS2/c1-4(2)3-8-5(6)7/h4H,3H2,1-2H3,(H,6,7). The molecule has 0 aliphatic rings. The summed E-state index contributed by atoms with van der Waals surface area (Å²) in [4.78, 5) is 10.2.